The number of benzene rings is 2. The second kappa shape index (κ2) is 8.22. The Kier molecular flexibility index (Phi) is 6.03. The number of rotatable bonds is 6. The van der Waals surface area contributed by atoms with Gasteiger partial charge in [0, 0.05) is 6.54 Å². The number of hydrogen-bond donors (Lipinski definition) is 2. The van der Waals surface area contributed by atoms with Crippen LogP contribution in [0.1, 0.15) is 29.7 Å². The molecule has 0 saturated heterocycles. The lowest BCUT2D eigenvalue weighted by atomic mass is 10.1. The zero-order valence-corrected chi connectivity index (χ0v) is 13.9. The number of nitrogens with one attached hydrogen (secondary N) is 2. The van der Waals surface area contributed by atoms with Gasteiger partial charge in [-0.2, -0.15) is 0 Å². The van der Waals surface area contributed by atoms with Crippen molar-refractivity contribution < 1.29 is 9.53 Å². The summed E-state index contributed by atoms with van der Waals surface area (Å²) < 4.78 is 5.35. The Morgan fingerprint density at radius 3 is 2.61 bits per heavy atom. The average molecular weight is 312 g/mol. The third kappa shape index (κ3) is 5.02. The molecule has 122 valence electrons. The van der Waals surface area contributed by atoms with E-state index in [2.05, 4.69) is 16.7 Å². The van der Waals surface area contributed by atoms with E-state index in [1.165, 1.54) is 5.56 Å². The van der Waals surface area contributed by atoms with Gasteiger partial charge in [0.1, 0.15) is 5.75 Å². The van der Waals surface area contributed by atoms with Gasteiger partial charge in [-0.15, -0.1) is 0 Å². The van der Waals surface area contributed by atoms with Gasteiger partial charge in [0.25, 0.3) is 0 Å². The zero-order valence-electron chi connectivity index (χ0n) is 13.9. The largest absolute Gasteiger partial charge is 0.496 e. The number of ether oxygens (including phenoxy) is 1. The number of methoxy groups -OCH3 is 1. The summed E-state index contributed by atoms with van der Waals surface area (Å²) in [5.74, 6) is 0.857. The minimum Gasteiger partial charge on any atom is -0.496 e. The molecule has 4 heteroatoms. The lowest BCUT2D eigenvalue weighted by Crippen LogP contribution is -2.38. The fourth-order valence-corrected chi connectivity index (χ4v) is 2.49. The molecule has 0 heterocycles. The van der Waals surface area contributed by atoms with Crippen molar-refractivity contribution in [3.63, 3.8) is 0 Å². The van der Waals surface area contributed by atoms with E-state index in [1.54, 1.807) is 7.11 Å². The molecule has 0 aliphatic heterocycles. The molecule has 1 atom stereocenters. The molecule has 0 bridgehead atoms. The molecule has 2 aromatic carbocycles. The van der Waals surface area contributed by atoms with Crippen molar-refractivity contribution in [1.82, 2.24) is 10.6 Å². The highest BCUT2D eigenvalue weighted by molar-refractivity contribution is 5.74. The molecule has 0 saturated carbocycles. The quantitative estimate of drug-likeness (QED) is 0.856. The molecule has 2 aromatic rings. The topological polar surface area (TPSA) is 50.4 Å². The van der Waals surface area contributed by atoms with Gasteiger partial charge in [-0.25, -0.2) is 4.79 Å². The summed E-state index contributed by atoms with van der Waals surface area (Å²) in [6.07, 6.45) is 0.734. The maximum atomic E-state index is 12.0. The molecule has 0 spiro atoms. The van der Waals surface area contributed by atoms with Gasteiger partial charge < -0.3 is 15.4 Å². The van der Waals surface area contributed by atoms with Crippen molar-refractivity contribution in [2.75, 3.05) is 13.7 Å². The lowest BCUT2D eigenvalue weighted by Gasteiger charge is -2.15. The summed E-state index contributed by atoms with van der Waals surface area (Å²) in [5.41, 5.74) is 3.37. The Labute approximate surface area is 137 Å². The predicted molar refractivity (Wildman–Crippen MR) is 92.8 cm³/mol. The fourth-order valence-electron chi connectivity index (χ4n) is 2.49. The highest BCUT2D eigenvalue weighted by atomic mass is 16.5. The van der Waals surface area contributed by atoms with E-state index < -0.39 is 0 Å². The zero-order chi connectivity index (χ0) is 16.7. The van der Waals surface area contributed by atoms with Crippen molar-refractivity contribution in [3.05, 3.63) is 65.2 Å². The number of hydrogen-bond acceptors (Lipinski definition) is 2. The molecular weight excluding hydrogens is 288 g/mol. The summed E-state index contributed by atoms with van der Waals surface area (Å²) in [7, 11) is 1.66. The Morgan fingerprint density at radius 2 is 1.91 bits per heavy atom. The second-order valence-corrected chi connectivity index (χ2v) is 5.60. The van der Waals surface area contributed by atoms with E-state index in [1.807, 2.05) is 56.3 Å². The Bertz CT molecular complexity index is 641. The molecule has 0 aliphatic carbocycles. The summed E-state index contributed by atoms with van der Waals surface area (Å²) >= 11 is 0. The van der Waals surface area contributed by atoms with E-state index >= 15 is 0 Å². The fraction of sp³-hybridized carbons (Fsp3) is 0.316. The molecule has 1 unspecified atom stereocenters. The van der Waals surface area contributed by atoms with Crippen LogP contribution in [0.4, 0.5) is 4.79 Å². The molecule has 0 aromatic heterocycles. The van der Waals surface area contributed by atoms with Crippen LogP contribution < -0.4 is 15.4 Å². The predicted octanol–water partition coefficient (Wildman–Crippen LogP) is 3.61. The van der Waals surface area contributed by atoms with Crippen LogP contribution in [-0.4, -0.2) is 19.7 Å². The van der Waals surface area contributed by atoms with Gasteiger partial charge in [0.15, 0.2) is 0 Å². The standard InChI is InChI=1S/C19H24N2O2/c1-14-9-10-18(23-3)17(13-14)11-12-20-19(22)21-15(2)16-7-5-4-6-8-16/h4-10,13,15H,11-12H2,1-3H3,(H2,20,21,22). The van der Waals surface area contributed by atoms with Crippen molar-refractivity contribution in [2.24, 2.45) is 0 Å². The number of urea groups is 1. The monoisotopic (exact) mass is 312 g/mol. The van der Waals surface area contributed by atoms with Crippen molar-refractivity contribution in [2.45, 2.75) is 26.3 Å². The Morgan fingerprint density at radius 1 is 1.17 bits per heavy atom. The number of carbonyl (C=O) groups excluding carboxylic acids is 1. The third-order valence-electron chi connectivity index (χ3n) is 3.76. The van der Waals surface area contributed by atoms with Crippen molar-refractivity contribution in [3.8, 4) is 5.75 Å². The van der Waals surface area contributed by atoms with Crippen LogP contribution in [0.15, 0.2) is 48.5 Å². The van der Waals surface area contributed by atoms with E-state index in [-0.39, 0.29) is 12.1 Å². The second-order valence-electron chi connectivity index (χ2n) is 5.60. The first-order chi connectivity index (χ1) is 11.1. The van der Waals surface area contributed by atoms with Crippen LogP contribution >= 0.6 is 0 Å². The van der Waals surface area contributed by atoms with E-state index in [0.29, 0.717) is 6.54 Å². The highest BCUT2D eigenvalue weighted by Crippen LogP contribution is 2.19. The van der Waals surface area contributed by atoms with E-state index in [0.717, 1.165) is 23.3 Å². The number of amides is 2. The first-order valence-corrected chi connectivity index (χ1v) is 7.83. The van der Waals surface area contributed by atoms with Gasteiger partial charge in [-0.3, -0.25) is 0 Å². The van der Waals surface area contributed by atoms with Gasteiger partial charge in [-0.05, 0) is 37.5 Å². The Balaban J connectivity index is 1.82. The minimum atomic E-state index is -0.159. The normalized spacial score (nSPS) is 11.6. The molecule has 0 fully saturated rings. The van der Waals surface area contributed by atoms with Crippen LogP contribution in [0, 0.1) is 6.92 Å². The maximum absolute atomic E-state index is 12.0. The van der Waals surface area contributed by atoms with Gasteiger partial charge >= 0.3 is 6.03 Å². The maximum Gasteiger partial charge on any atom is 0.315 e. The highest BCUT2D eigenvalue weighted by Gasteiger charge is 2.09. The van der Waals surface area contributed by atoms with Gasteiger partial charge in [-0.1, -0.05) is 48.0 Å². The smallest absolute Gasteiger partial charge is 0.315 e. The number of carbonyl (C=O) groups is 1. The number of aryl methyl sites for hydroxylation is 1. The third-order valence-corrected chi connectivity index (χ3v) is 3.76. The molecule has 2 amide bonds. The van der Waals surface area contributed by atoms with Crippen LogP contribution in [0.3, 0.4) is 0 Å². The molecule has 23 heavy (non-hydrogen) atoms. The molecule has 0 radical (unpaired) electrons. The lowest BCUT2D eigenvalue weighted by molar-refractivity contribution is 0.238. The van der Waals surface area contributed by atoms with Crippen LogP contribution in [0.2, 0.25) is 0 Å². The Hall–Kier alpha value is -2.49. The van der Waals surface area contributed by atoms with Crippen LogP contribution in [0.5, 0.6) is 5.75 Å². The summed E-state index contributed by atoms with van der Waals surface area (Å²) in [5, 5.41) is 5.84. The first-order valence-electron chi connectivity index (χ1n) is 7.83. The first kappa shape index (κ1) is 16.9. The summed E-state index contributed by atoms with van der Waals surface area (Å²) in [6.45, 7) is 4.58. The SMILES string of the molecule is COc1ccc(C)cc1CCNC(=O)NC(C)c1ccccc1. The summed E-state index contributed by atoms with van der Waals surface area (Å²) in [4.78, 5) is 12.0. The molecule has 0 aliphatic rings. The van der Waals surface area contributed by atoms with Crippen LogP contribution in [-0.2, 0) is 6.42 Å². The van der Waals surface area contributed by atoms with Crippen LogP contribution in [0.25, 0.3) is 0 Å². The van der Waals surface area contributed by atoms with Gasteiger partial charge in [0.05, 0.1) is 13.2 Å². The average Bonchev–Trinajstić information content (AvgIpc) is 2.56. The van der Waals surface area contributed by atoms with Crippen molar-refractivity contribution in [1.29, 1.82) is 0 Å². The molecule has 4 nitrogen and oxygen atoms in total. The molecular formula is C19H24N2O2. The van der Waals surface area contributed by atoms with Gasteiger partial charge in [0.2, 0.25) is 0 Å². The summed E-state index contributed by atoms with van der Waals surface area (Å²) in [6, 6.07) is 15.8. The molecule has 2 N–H and O–H groups in total. The minimum absolute atomic E-state index is 0.0234. The van der Waals surface area contributed by atoms with E-state index in [4.69, 9.17) is 4.74 Å². The van der Waals surface area contributed by atoms with Crippen molar-refractivity contribution >= 4 is 6.03 Å². The molecule has 2 rings (SSSR count). The van der Waals surface area contributed by atoms with E-state index in [9.17, 15) is 4.79 Å².